The predicted molar refractivity (Wildman–Crippen MR) is 133 cm³/mol. The van der Waals surface area contributed by atoms with Crippen LogP contribution in [-0.2, 0) is 13.5 Å². The molecule has 176 valence electrons. The largest absolute Gasteiger partial charge is 0.365 e. The van der Waals surface area contributed by atoms with Crippen molar-refractivity contribution in [1.82, 2.24) is 29.6 Å². The molecule has 2 saturated carbocycles. The van der Waals surface area contributed by atoms with E-state index in [-0.39, 0.29) is 0 Å². The van der Waals surface area contributed by atoms with Crippen LogP contribution in [0.2, 0.25) is 0 Å². The van der Waals surface area contributed by atoms with Gasteiger partial charge in [-0.3, -0.25) is 4.68 Å². The molecular formula is C24H34N8S. The van der Waals surface area contributed by atoms with Crippen LogP contribution in [0, 0.1) is 5.41 Å². The van der Waals surface area contributed by atoms with Gasteiger partial charge in [-0.05, 0) is 76.3 Å². The third-order valence-corrected chi connectivity index (χ3v) is 9.03. The SMILES string of the molecule is CCc1nc2c(NC3CCC(N4CCC5(CC4)CC5)CC3)nc(Nc3cnn(C)c3)nc2s1. The molecule has 3 aliphatic rings. The average Bonchev–Trinajstić information content (AvgIpc) is 3.24. The second-order valence-corrected chi connectivity index (χ2v) is 11.3. The molecule has 3 fully saturated rings. The number of hydrogen-bond donors (Lipinski definition) is 2. The number of aryl methyl sites for hydroxylation is 2. The lowest BCUT2D eigenvalue weighted by molar-refractivity contribution is 0.0975. The van der Waals surface area contributed by atoms with Gasteiger partial charge in [0.1, 0.15) is 5.52 Å². The Balaban J connectivity index is 1.15. The van der Waals surface area contributed by atoms with Crippen molar-refractivity contribution in [3.8, 4) is 0 Å². The van der Waals surface area contributed by atoms with Crippen LogP contribution in [0.1, 0.15) is 63.3 Å². The zero-order valence-corrected chi connectivity index (χ0v) is 20.5. The molecule has 33 heavy (non-hydrogen) atoms. The highest BCUT2D eigenvalue weighted by Gasteiger charge is 2.45. The number of aromatic nitrogens is 5. The molecule has 0 bridgehead atoms. The van der Waals surface area contributed by atoms with E-state index in [2.05, 4.69) is 27.6 Å². The minimum absolute atomic E-state index is 0.442. The molecule has 0 aromatic carbocycles. The van der Waals surface area contributed by atoms with Crippen molar-refractivity contribution in [1.29, 1.82) is 0 Å². The van der Waals surface area contributed by atoms with E-state index in [0.29, 0.717) is 12.0 Å². The van der Waals surface area contributed by atoms with Crippen LogP contribution in [0.15, 0.2) is 12.4 Å². The van der Waals surface area contributed by atoms with E-state index >= 15 is 0 Å². The van der Waals surface area contributed by atoms with Crippen molar-refractivity contribution in [2.45, 2.75) is 76.8 Å². The van der Waals surface area contributed by atoms with E-state index < -0.39 is 0 Å². The number of fused-ring (bicyclic) bond motifs is 1. The molecule has 2 aliphatic carbocycles. The summed E-state index contributed by atoms with van der Waals surface area (Å²) in [6, 6.07) is 1.20. The first kappa shape index (κ1) is 21.3. The zero-order chi connectivity index (χ0) is 22.4. The summed E-state index contributed by atoms with van der Waals surface area (Å²) in [5, 5.41) is 12.4. The molecule has 3 aromatic rings. The Labute approximate surface area is 199 Å². The fraction of sp³-hybridized carbons (Fsp3) is 0.667. The van der Waals surface area contributed by atoms with Crippen LogP contribution in [0.25, 0.3) is 10.3 Å². The molecule has 1 aliphatic heterocycles. The van der Waals surface area contributed by atoms with Crippen LogP contribution < -0.4 is 10.6 Å². The van der Waals surface area contributed by atoms with Gasteiger partial charge >= 0.3 is 0 Å². The standard InChI is InChI=1S/C24H34N8S/c1-3-19-28-20-21(29-23(30-22(20)33-19)27-17-14-25-31(2)15-17)26-16-4-6-18(7-5-16)32-12-10-24(8-9-24)11-13-32/h14-16,18H,3-13H2,1-2H3,(H2,26,27,29,30). The number of hydrogen-bond acceptors (Lipinski definition) is 8. The van der Waals surface area contributed by atoms with Gasteiger partial charge in [0, 0.05) is 25.3 Å². The highest BCUT2D eigenvalue weighted by atomic mass is 32.1. The van der Waals surface area contributed by atoms with Gasteiger partial charge in [-0.1, -0.05) is 18.3 Å². The minimum atomic E-state index is 0.442. The molecule has 2 N–H and O–H groups in total. The lowest BCUT2D eigenvalue weighted by Gasteiger charge is -2.41. The smallest absolute Gasteiger partial charge is 0.230 e. The van der Waals surface area contributed by atoms with Gasteiger partial charge in [0.15, 0.2) is 10.6 Å². The molecule has 0 radical (unpaired) electrons. The van der Waals surface area contributed by atoms with Gasteiger partial charge in [0.25, 0.3) is 0 Å². The number of thiazole rings is 1. The molecule has 0 atom stereocenters. The summed E-state index contributed by atoms with van der Waals surface area (Å²) in [5.74, 6) is 1.46. The van der Waals surface area contributed by atoms with Crippen LogP contribution in [0.4, 0.5) is 17.5 Å². The number of rotatable bonds is 6. The van der Waals surface area contributed by atoms with Crippen LogP contribution in [0.3, 0.4) is 0 Å². The Kier molecular flexibility index (Phi) is 5.49. The topological polar surface area (TPSA) is 83.8 Å². The summed E-state index contributed by atoms with van der Waals surface area (Å²) in [5.41, 5.74) is 2.56. The molecule has 1 saturated heterocycles. The number of anilines is 3. The third-order valence-electron chi connectivity index (χ3n) is 7.94. The Morgan fingerprint density at radius 3 is 2.52 bits per heavy atom. The monoisotopic (exact) mass is 466 g/mol. The molecule has 1 spiro atoms. The highest BCUT2D eigenvalue weighted by Crippen LogP contribution is 2.54. The van der Waals surface area contributed by atoms with E-state index in [4.69, 9.17) is 15.0 Å². The quantitative estimate of drug-likeness (QED) is 0.543. The molecule has 4 heterocycles. The molecule has 9 heteroatoms. The maximum absolute atomic E-state index is 4.84. The van der Waals surface area contributed by atoms with Crippen molar-refractivity contribution >= 4 is 39.1 Å². The molecule has 8 nitrogen and oxygen atoms in total. The first-order chi connectivity index (χ1) is 16.1. The van der Waals surface area contributed by atoms with Gasteiger partial charge < -0.3 is 15.5 Å². The second-order valence-electron chi connectivity index (χ2n) is 10.2. The maximum atomic E-state index is 4.84. The fourth-order valence-corrected chi connectivity index (χ4v) is 6.48. The van der Waals surface area contributed by atoms with Gasteiger partial charge in [-0.25, -0.2) is 4.98 Å². The van der Waals surface area contributed by atoms with Crippen molar-refractivity contribution in [3.05, 3.63) is 17.4 Å². The first-order valence-electron chi connectivity index (χ1n) is 12.5. The van der Waals surface area contributed by atoms with Crippen LogP contribution in [0.5, 0.6) is 0 Å². The molecule has 6 rings (SSSR count). The summed E-state index contributed by atoms with van der Waals surface area (Å²) in [6.45, 7) is 4.77. The normalized spacial score (nSPS) is 24.9. The summed E-state index contributed by atoms with van der Waals surface area (Å²) in [6.07, 6.45) is 15.4. The lowest BCUT2D eigenvalue weighted by Crippen LogP contribution is -2.45. The van der Waals surface area contributed by atoms with Gasteiger partial charge in [-0.2, -0.15) is 15.1 Å². The van der Waals surface area contributed by atoms with Gasteiger partial charge in [0.2, 0.25) is 5.95 Å². The minimum Gasteiger partial charge on any atom is -0.365 e. The van der Waals surface area contributed by atoms with Gasteiger partial charge in [-0.15, -0.1) is 0 Å². The van der Waals surface area contributed by atoms with Crippen molar-refractivity contribution in [3.63, 3.8) is 0 Å². The van der Waals surface area contributed by atoms with Crippen molar-refractivity contribution < 1.29 is 0 Å². The van der Waals surface area contributed by atoms with Gasteiger partial charge in [0.05, 0.1) is 16.9 Å². The fourth-order valence-electron chi connectivity index (χ4n) is 5.61. The summed E-state index contributed by atoms with van der Waals surface area (Å²) >= 11 is 1.66. The van der Waals surface area contributed by atoms with E-state index in [1.165, 1.54) is 64.5 Å². The Bertz CT molecular complexity index is 1110. The third kappa shape index (κ3) is 4.45. The lowest BCUT2D eigenvalue weighted by atomic mass is 9.87. The Morgan fingerprint density at radius 1 is 1.06 bits per heavy atom. The average molecular weight is 467 g/mol. The number of nitrogens with one attached hydrogen (secondary N) is 2. The van der Waals surface area contributed by atoms with Crippen molar-refractivity contribution in [2.75, 3.05) is 23.7 Å². The van der Waals surface area contributed by atoms with E-state index in [0.717, 1.165) is 44.7 Å². The predicted octanol–water partition coefficient (Wildman–Crippen LogP) is 4.72. The first-order valence-corrected chi connectivity index (χ1v) is 13.3. The molecule has 3 aromatic heterocycles. The van der Waals surface area contributed by atoms with E-state index in [9.17, 15) is 0 Å². The second kappa shape index (κ2) is 8.51. The molecular weight excluding hydrogens is 432 g/mol. The molecule has 0 unspecified atom stereocenters. The van der Waals surface area contributed by atoms with Crippen molar-refractivity contribution in [2.24, 2.45) is 12.5 Å². The van der Waals surface area contributed by atoms with E-state index in [1.54, 1.807) is 22.2 Å². The van der Waals surface area contributed by atoms with Crippen LogP contribution in [-0.4, -0.2) is 54.8 Å². The Hall–Kier alpha value is -2.26. The van der Waals surface area contributed by atoms with Crippen LogP contribution >= 0.6 is 11.3 Å². The van der Waals surface area contributed by atoms with E-state index in [1.807, 2.05) is 13.2 Å². The highest BCUT2D eigenvalue weighted by molar-refractivity contribution is 7.18. The zero-order valence-electron chi connectivity index (χ0n) is 19.7. The number of nitrogens with zero attached hydrogens (tertiary/aromatic N) is 6. The number of likely N-dealkylation sites (tertiary alicyclic amines) is 1. The maximum Gasteiger partial charge on any atom is 0.230 e. The summed E-state index contributed by atoms with van der Waals surface area (Å²) < 4.78 is 1.77. The molecule has 0 amide bonds. The Morgan fingerprint density at radius 2 is 1.85 bits per heavy atom. The summed E-state index contributed by atoms with van der Waals surface area (Å²) in [7, 11) is 1.91. The number of piperidine rings is 1. The summed E-state index contributed by atoms with van der Waals surface area (Å²) in [4.78, 5) is 18.1.